The Kier molecular flexibility index (Phi) is 4.22. The summed E-state index contributed by atoms with van der Waals surface area (Å²) in [5, 5.41) is 7.84. The average Bonchev–Trinajstić information content (AvgIpc) is 3.28. The fourth-order valence-corrected chi connectivity index (χ4v) is 3.96. The molecule has 0 amide bonds. The van der Waals surface area contributed by atoms with Crippen LogP contribution in [0.25, 0.3) is 16.9 Å². The van der Waals surface area contributed by atoms with Crippen LogP contribution < -0.4 is 11.2 Å². The number of hydrogen-bond donors (Lipinski definition) is 0. The van der Waals surface area contributed by atoms with Gasteiger partial charge in [-0.05, 0) is 12.1 Å². The number of aromatic nitrogens is 7. The number of sulfone groups is 1. The van der Waals surface area contributed by atoms with Crippen molar-refractivity contribution >= 4 is 21.0 Å². The highest BCUT2D eigenvalue weighted by molar-refractivity contribution is 7.90. The Labute approximate surface area is 164 Å². The molecule has 0 aliphatic carbocycles. The first-order valence-electron chi connectivity index (χ1n) is 8.51. The maximum absolute atomic E-state index is 12.7. The van der Waals surface area contributed by atoms with Crippen LogP contribution in [-0.2, 0) is 30.5 Å². The fourth-order valence-electron chi connectivity index (χ4n) is 3.12. The van der Waals surface area contributed by atoms with E-state index in [9.17, 15) is 18.0 Å². The molecule has 3 heterocycles. The summed E-state index contributed by atoms with van der Waals surface area (Å²) in [5.74, 6) is 0. The summed E-state index contributed by atoms with van der Waals surface area (Å²) in [7, 11) is -0.951. The molecule has 4 rings (SSSR count). The van der Waals surface area contributed by atoms with Gasteiger partial charge in [-0.15, -0.1) is 5.10 Å². The number of benzene rings is 1. The Morgan fingerprint density at radius 1 is 1.03 bits per heavy atom. The van der Waals surface area contributed by atoms with E-state index in [1.54, 1.807) is 10.9 Å². The second-order valence-electron chi connectivity index (χ2n) is 6.62. The summed E-state index contributed by atoms with van der Waals surface area (Å²) in [6.45, 7) is -0.0312. The van der Waals surface area contributed by atoms with E-state index in [0.717, 1.165) is 16.5 Å². The molecule has 0 aliphatic rings. The highest BCUT2D eigenvalue weighted by Crippen LogP contribution is 2.15. The third-order valence-corrected chi connectivity index (χ3v) is 5.56. The molecule has 0 unspecified atom stereocenters. The van der Waals surface area contributed by atoms with Gasteiger partial charge in [0.1, 0.15) is 5.69 Å². The molecule has 0 N–H and O–H groups in total. The van der Waals surface area contributed by atoms with Crippen LogP contribution in [0.1, 0.15) is 5.69 Å². The van der Waals surface area contributed by atoms with Gasteiger partial charge >= 0.3 is 5.69 Å². The summed E-state index contributed by atoms with van der Waals surface area (Å²) in [6.07, 6.45) is 2.64. The summed E-state index contributed by atoms with van der Waals surface area (Å²) in [4.78, 5) is 29.4. The number of hydrogen-bond acceptors (Lipinski definition) is 7. The quantitative estimate of drug-likeness (QED) is 0.438. The smallest absolute Gasteiger partial charge is 0.312 e. The van der Waals surface area contributed by atoms with Crippen molar-refractivity contribution in [1.82, 2.24) is 33.7 Å². The van der Waals surface area contributed by atoms with E-state index in [0.29, 0.717) is 5.69 Å². The number of rotatable bonds is 4. The molecule has 0 bridgehead atoms. The third-order valence-electron chi connectivity index (χ3n) is 4.53. The number of fused-ring (bicyclic) bond motifs is 1. The van der Waals surface area contributed by atoms with E-state index in [-0.39, 0.29) is 22.9 Å². The lowest BCUT2D eigenvalue weighted by atomic mass is 10.3. The second kappa shape index (κ2) is 6.51. The van der Waals surface area contributed by atoms with Gasteiger partial charge in [0.2, 0.25) is 15.0 Å². The zero-order valence-corrected chi connectivity index (χ0v) is 16.7. The average molecular weight is 415 g/mol. The van der Waals surface area contributed by atoms with Crippen molar-refractivity contribution in [2.75, 3.05) is 6.26 Å². The second-order valence-corrected chi connectivity index (χ2v) is 8.53. The number of aryl methyl sites for hydroxylation is 1. The predicted octanol–water partition coefficient (Wildman–Crippen LogP) is -0.534. The molecule has 150 valence electrons. The van der Waals surface area contributed by atoms with E-state index in [4.69, 9.17) is 0 Å². The molecule has 29 heavy (non-hydrogen) atoms. The first kappa shape index (κ1) is 18.8. The maximum Gasteiger partial charge on any atom is 0.332 e. The molecular formula is C17H17N7O4S. The topological polar surface area (TPSA) is 127 Å². The van der Waals surface area contributed by atoms with E-state index in [1.807, 2.05) is 30.3 Å². The van der Waals surface area contributed by atoms with Crippen LogP contribution in [0.4, 0.5) is 0 Å². The van der Waals surface area contributed by atoms with Crippen LogP contribution >= 0.6 is 0 Å². The molecular weight excluding hydrogens is 398 g/mol. The van der Waals surface area contributed by atoms with Crippen molar-refractivity contribution in [3.8, 4) is 5.69 Å². The van der Waals surface area contributed by atoms with Crippen molar-refractivity contribution in [3.63, 3.8) is 0 Å². The number of para-hydroxylation sites is 1. The van der Waals surface area contributed by atoms with Crippen molar-refractivity contribution in [3.05, 3.63) is 63.1 Å². The maximum atomic E-state index is 12.7. The van der Waals surface area contributed by atoms with Crippen LogP contribution in [0.2, 0.25) is 0 Å². The molecule has 1 aromatic carbocycles. The van der Waals surface area contributed by atoms with Gasteiger partial charge < -0.3 is 4.57 Å². The first-order chi connectivity index (χ1) is 13.7. The van der Waals surface area contributed by atoms with Gasteiger partial charge in [-0.1, -0.05) is 23.4 Å². The highest BCUT2D eigenvalue weighted by Gasteiger charge is 2.24. The standard InChI is InChI=1S/C17H17N7O4S/c1-21-13-14(18-16(21)29(3,27)28)23(17(26)22(2)15(13)25)9-11-10-24(20-19-11)12-7-5-4-6-8-12/h4-8,10H,9H2,1-3H3. The normalized spacial score (nSPS) is 12.0. The van der Waals surface area contributed by atoms with Crippen molar-refractivity contribution < 1.29 is 8.42 Å². The summed E-state index contributed by atoms with van der Waals surface area (Å²) < 4.78 is 28.9. The monoisotopic (exact) mass is 415 g/mol. The minimum absolute atomic E-state index is 0.0166. The lowest BCUT2D eigenvalue weighted by Crippen LogP contribution is -2.39. The highest BCUT2D eigenvalue weighted by atomic mass is 32.2. The van der Waals surface area contributed by atoms with Gasteiger partial charge in [0.05, 0.1) is 18.4 Å². The van der Waals surface area contributed by atoms with Gasteiger partial charge in [-0.3, -0.25) is 13.9 Å². The molecule has 0 saturated carbocycles. The molecule has 11 nitrogen and oxygen atoms in total. The van der Waals surface area contributed by atoms with Gasteiger partial charge in [-0.25, -0.2) is 17.9 Å². The summed E-state index contributed by atoms with van der Waals surface area (Å²) in [6, 6.07) is 9.30. The van der Waals surface area contributed by atoms with Crippen LogP contribution in [0.5, 0.6) is 0 Å². The molecule has 0 atom stereocenters. The predicted molar refractivity (Wildman–Crippen MR) is 104 cm³/mol. The van der Waals surface area contributed by atoms with E-state index in [2.05, 4.69) is 15.3 Å². The summed E-state index contributed by atoms with van der Waals surface area (Å²) in [5.41, 5.74) is -0.0175. The molecule has 4 aromatic rings. The molecule has 0 spiro atoms. The largest absolute Gasteiger partial charge is 0.332 e. The molecule has 0 fully saturated rings. The third kappa shape index (κ3) is 3.06. The zero-order chi connectivity index (χ0) is 20.9. The van der Waals surface area contributed by atoms with Gasteiger partial charge in [-0.2, -0.15) is 4.98 Å². The molecule has 12 heteroatoms. The molecule has 0 radical (unpaired) electrons. The van der Waals surface area contributed by atoms with E-state index < -0.39 is 21.1 Å². The molecule has 0 saturated heterocycles. The first-order valence-corrected chi connectivity index (χ1v) is 10.4. The van der Waals surface area contributed by atoms with E-state index in [1.165, 1.54) is 23.2 Å². The lowest BCUT2D eigenvalue weighted by Gasteiger charge is -2.07. The zero-order valence-electron chi connectivity index (χ0n) is 15.8. The van der Waals surface area contributed by atoms with Crippen molar-refractivity contribution in [1.29, 1.82) is 0 Å². The Morgan fingerprint density at radius 3 is 2.38 bits per heavy atom. The van der Waals surface area contributed by atoms with Crippen molar-refractivity contribution in [2.45, 2.75) is 11.7 Å². The minimum Gasteiger partial charge on any atom is -0.312 e. The number of imidazole rings is 1. The van der Waals surface area contributed by atoms with Crippen LogP contribution in [0.3, 0.4) is 0 Å². The van der Waals surface area contributed by atoms with Gasteiger partial charge in [0, 0.05) is 20.4 Å². The van der Waals surface area contributed by atoms with Crippen LogP contribution in [-0.4, -0.2) is 48.4 Å². The Bertz CT molecular complexity index is 1460. The van der Waals surface area contributed by atoms with Crippen LogP contribution in [0, 0.1) is 0 Å². The van der Waals surface area contributed by atoms with E-state index >= 15 is 0 Å². The molecule has 0 aliphatic heterocycles. The number of nitrogens with zero attached hydrogens (tertiary/aromatic N) is 7. The van der Waals surface area contributed by atoms with Gasteiger partial charge in [0.15, 0.2) is 11.2 Å². The Hall–Kier alpha value is -3.54. The van der Waals surface area contributed by atoms with Crippen LogP contribution in [0.15, 0.2) is 51.3 Å². The fraction of sp³-hybridized carbons (Fsp3) is 0.235. The van der Waals surface area contributed by atoms with Gasteiger partial charge in [0.25, 0.3) is 5.56 Å². The Balaban J connectivity index is 1.90. The lowest BCUT2D eigenvalue weighted by molar-refractivity contribution is 0.586. The Morgan fingerprint density at radius 2 is 1.72 bits per heavy atom. The SMILES string of the molecule is Cn1c(=O)c2c(nc(S(C)(=O)=O)n2C)n(Cc2cn(-c3ccccc3)nn2)c1=O. The van der Waals surface area contributed by atoms with Crippen molar-refractivity contribution in [2.24, 2.45) is 14.1 Å². The summed E-state index contributed by atoms with van der Waals surface area (Å²) >= 11 is 0. The molecule has 3 aromatic heterocycles. The minimum atomic E-state index is -3.70.